The summed E-state index contributed by atoms with van der Waals surface area (Å²) in [7, 11) is -1.73. The highest BCUT2D eigenvalue weighted by atomic mass is 32.2. The molecule has 0 radical (unpaired) electrons. The molecule has 0 aromatic carbocycles. The minimum atomic E-state index is -3.53. The third-order valence-electron chi connectivity index (χ3n) is 2.81. The smallest absolute Gasteiger partial charge is 0.242 e. The fraction of sp³-hybridized carbons (Fsp3) is 0.364. The minimum Gasteiger partial charge on any atom is -0.363 e. The summed E-state index contributed by atoms with van der Waals surface area (Å²) in [5.41, 5.74) is 7.77. The maximum absolute atomic E-state index is 12.1. The molecule has 0 aliphatic carbocycles. The third-order valence-corrected chi connectivity index (χ3v) is 4.19. The third kappa shape index (κ3) is 3.03. The molecular formula is C11H17N5O2S. The van der Waals surface area contributed by atoms with Crippen LogP contribution in [0.5, 0.6) is 0 Å². The van der Waals surface area contributed by atoms with Crippen molar-refractivity contribution in [2.45, 2.75) is 24.9 Å². The standard InChI is InChI=1S/C11H17N5O2S/c1-8-9(7-16(2)15-8)5-14-19(17,18)11-3-10(4-12)13-6-11/h3,6-7,13-14H,4-5,12H2,1-2H3. The summed E-state index contributed by atoms with van der Waals surface area (Å²) >= 11 is 0. The van der Waals surface area contributed by atoms with Gasteiger partial charge in [0.25, 0.3) is 0 Å². The van der Waals surface area contributed by atoms with Crippen molar-refractivity contribution < 1.29 is 8.42 Å². The zero-order chi connectivity index (χ0) is 14.0. The fourth-order valence-electron chi connectivity index (χ4n) is 1.77. The van der Waals surface area contributed by atoms with Gasteiger partial charge in [0.05, 0.1) is 10.6 Å². The number of aromatic nitrogens is 3. The molecule has 0 atom stereocenters. The van der Waals surface area contributed by atoms with Crippen LogP contribution in [0, 0.1) is 6.92 Å². The highest BCUT2D eigenvalue weighted by molar-refractivity contribution is 7.89. The Bertz CT molecular complexity index is 671. The van der Waals surface area contributed by atoms with Gasteiger partial charge in [-0.25, -0.2) is 13.1 Å². The van der Waals surface area contributed by atoms with Gasteiger partial charge in [-0.2, -0.15) is 5.10 Å². The molecule has 0 bridgehead atoms. The van der Waals surface area contributed by atoms with E-state index in [2.05, 4.69) is 14.8 Å². The van der Waals surface area contributed by atoms with E-state index in [-0.39, 0.29) is 18.0 Å². The number of rotatable bonds is 5. The molecule has 0 unspecified atom stereocenters. The molecule has 2 heterocycles. The minimum absolute atomic E-state index is 0.189. The van der Waals surface area contributed by atoms with Crippen molar-refractivity contribution in [3.63, 3.8) is 0 Å². The van der Waals surface area contributed by atoms with Gasteiger partial charge in [-0.15, -0.1) is 0 Å². The molecule has 2 rings (SSSR count). The van der Waals surface area contributed by atoms with Gasteiger partial charge in [0.2, 0.25) is 10.0 Å². The lowest BCUT2D eigenvalue weighted by Gasteiger charge is -2.03. The molecule has 19 heavy (non-hydrogen) atoms. The Morgan fingerprint density at radius 2 is 2.26 bits per heavy atom. The van der Waals surface area contributed by atoms with Gasteiger partial charge in [0.15, 0.2) is 0 Å². The number of H-pyrrole nitrogens is 1. The lowest BCUT2D eigenvalue weighted by Crippen LogP contribution is -2.23. The Balaban J connectivity index is 2.11. The van der Waals surface area contributed by atoms with Gasteiger partial charge >= 0.3 is 0 Å². The maximum atomic E-state index is 12.1. The first kappa shape index (κ1) is 13.8. The summed E-state index contributed by atoms with van der Waals surface area (Å²) in [4.78, 5) is 3.00. The number of aryl methyl sites for hydroxylation is 2. The molecule has 0 spiro atoms. The second-order valence-corrected chi connectivity index (χ2v) is 6.07. The van der Waals surface area contributed by atoms with Crippen LogP contribution in [0.15, 0.2) is 23.4 Å². The van der Waals surface area contributed by atoms with E-state index in [1.807, 2.05) is 6.92 Å². The Kier molecular flexibility index (Phi) is 3.74. The van der Waals surface area contributed by atoms with E-state index >= 15 is 0 Å². The molecule has 0 saturated carbocycles. The molecule has 7 nitrogen and oxygen atoms in total. The van der Waals surface area contributed by atoms with Crippen LogP contribution in [0.1, 0.15) is 17.0 Å². The average molecular weight is 283 g/mol. The number of aromatic amines is 1. The Morgan fingerprint density at radius 3 is 2.79 bits per heavy atom. The monoisotopic (exact) mass is 283 g/mol. The zero-order valence-electron chi connectivity index (χ0n) is 10.8. The van der Waals surface area contributed by atoms with Crippen LogP contribution >= 0.6 is 0 Å². The Labute approximate surface area is 111 Å². The van der Waals surface area contributed by atoms with Gasteiger partial charge in [-0.1, -0.05) is 0 Å². The van der Waals surface area contributed by atoms with Crippen molar-refractivity contribution in [1.82, 2.24) is 19.5 Å². The van der Waals surface area contributed by atoms with Crippen LogP contribution in [0.25, 0.3) is 0 Å². The van der Waals surface area contributed by atoms with Crippen molar-refractivity contribution in [1.29, 1.82) is 0 Å². The zero-order valence-corrected chi connectivity index (χ0v) is 11.7. The predicted octanol–water partition coefficient (Wildman–Crippen LogP) is -0.00618. The average Bonchev–Trinajstić information content (AvgIpc) is 2.94. The second kappa shape index (κ2) is 5.16. The molecule has 2 aromatic heterocycles. The lowest BCUT2D eigenvalue weighted by molar-refractivity contribution is 0.581. The van der Waals surface area contributed by atoms with Crippen molar-refractivity contribution in [2.24, 2.45) is 12.8 Å². The molecule has 0 fully saturated rings. The summed E-state index contributed by atoms with van der Waals surface area (Å²) in [5.74, 6) is 0. The second-order valence-electron chi connectivity index (χ2n) is 4.30. The van der Waals surface area contributed by atoms with Crippen LogP contribution < -0.4 is 10.5 Å². The molecule has 0 saturated heterocycles. The van der Waals surface area contributed by atoms with Crippen molar-refractivity contribution in [2.75, 3.05) is 0 Å². The summed E-state index contributed by atoms with van der Waals surface area (Å²) in [6, 6.07) is 1.53. The van der Waals surface area contributed by atoms with E-state index in [9.17, 15) is 8.42 Å². The molecule has 0 aliphatic heterocycles. The van der Waals surface area contributed by atoms with Crippen molar-refractivity contribution in [3.05, 3.63) is 35.4 Å². The number of nitrogens with one attached hydrogen (secondary N) is 2. The topological polar surface area (TPSA) is 106 Å². The number of nitrogens with zero attached hydrogens (tertiary/aromatic N) is 2. The van der Waals surface area contributed by atoms with E-state index in [0.717, 1.165) is 11.3 Å². The van der Waals surface area contributed by atoms with Crippen LogP contribution in [0.4, 0.5) is 0 Å². The van der Waals surface area contributed by atoms with E-state index in [1.54, 1.807) is 17.9 Å². The summed E-state index contributed by atoms with van der Waals surface area (Å²) in [6.45, 7) is 2.33. The van der Waals surface area contributed by atoms with E-state index < -0.39 is 10.0 Å². The highest BCUT2D eigenvalue weighted by Gasteiger charge is 2.16. The summed E-state index contributed by atoms with van der Waals surface area (Å²) in [6.07, 6.45) is 3.22. The molecule has 0 amide bonds. The van der Waals surface area contributed by atoms with Gasteiger partial charge in [-0.3, -0.25) is 4.68 Å². The van der Waals surface area contributed by atoms with Gasteiger partial charge in [0.1, 0.15) is 0 Å². The molecule has 8 heteroatoms. The number of sulfonamides is 1. The van der Waals surface area contributed by atoms with Crippen LogP contribution in [-0.4, -0.2) is 23.2 Å². The van der Waals surface area contributed by atoms with Gasteiger partial charge in [-0.05, 0) is 13.0 Å². The SMILES string of the molecule is Cc1nn(C)cc1CNS(=O)(=O)c1c[nH]c(CN)c1. The van der Waals surface area contributed by atoms with E-state index in [4.69, 9.17) is 5.73 Å². The van der Waals surface area contributed by atoms with Crippen molar-refractivity contribution >= 4 is 10.0 Å². The number of hydrogen-bond acceptors (Lipinski definition) is 4. The lowest BCUT2D eigenvalue weighted by atomic mass is 10.3. The number of hydrogen-bond donors (Lipinski definition) is 3. The van der Waals surface area contributed by atoms with Crippen molar-refractivity contribution in [3.8, 4) is 0 Å². The van der Waals surface area contributed by atoms with E-state index in [1.165, 1.54) is 12.3 Å². The molecular weight excluding hydrogens is 266 g/mol. The predicted molar refractivity (Wildman–Crippen MR) is 70.7 cm³/mol. The first-order chi connectivity index (χ1) is 8.92. The molecule has 2 aromatic rings. The van der Waals surface area contributed by atoms with Gasteiger partial charge in [0, 0.05) is 43.8 Å². The summed E-state index contributed by atoms with van der Waals surface area (Å²) in [5, 5.41) is 4.16. The van der Waals surface area contributed by atoms with Gasteiger partial charge < -0.3 is 10.7 Å². The molecule has 0 aliphatic rings. The number of nitrogens with two attached hydrogens (primary N) is 1. The Morgan fingerprint density at radius 1 is 1.53 bits per heavy atom. The maximum Gasteiger partial charge on any atom is 0.242 e. The molecule has 104 valence electrons. The van der Waals surface area contributed by atoms with Crippen LogP contribution in [0.3, 0.4) is 0 Å². The van der Waals surface area contributed by atoms with Crippen LogP contribution in [0.2, 0.25) is 0 Å². The molecule has 4 N–H and O–H groups in total. The highest BCUT2D eigenvalue weighted by Crippen LogP contribution is 2.12. The Hall–Kier alpha value is -1.64. The van der Waals surface area contributed by atoms with Crippen LogP contribution in [-0.2, 0) is 30.2 Å². The first-order valence-electron chi connectivity index (χ1n) is 5.78. The quantitative estimate of drug-likeness (QED) is 0.717. The normalized spacial score (nSPS) is 11.9. The fourth-order valence-corrected chi connectivity index (χ4v) is 2.79. The van der Waals surface area contributed by atoms with E-state index in [0.29, 0.717) is 5.69 Å². The largest absolute Gasteiger partial charge is 0.363 e. The first-order valence-corrected chi connectivity index (χ1v) is 7.27. The summed E-state index contributed by atoms with van der Waals surface area (Å²) < 4.78 is 28.3.